The second-order valence-corrected chi connectivity index (χ2v) is 20.5. The van der Waals surface area contributed by atoms with Gasteiger partial charge in [0.1, 0.15) is 13.1 Å². The quantitative estimate of drug-likeness (QED) is 0.0662. The number of aromatic nitrogens is 8. The number of hydrogen-bond donors (Lipinski definition) is 6. The SMILES string of the molecule is Brc1ccc(N=NN2CCCC2)cc1.C.CC(C)(O)c1ccc(N)cc1.Cn1c(=O)c2c(ncn2CC(=O)Nc2ccc(C(C)(C)O)cc2)n(C)c1=O.Cn1c(=O)c2c(ncn2CC(=O)O)n(C)c1=O.Nc1ccc(Br)cc1. The Morgan fingerprint density at radius 2 is 1.00 bits per heavy atom. The van der Waals surface area contributed by atoms with Crippen LogP contribution < -0.4 is 39.3 Å². The Balaban J connectivity index is 0.000000223. The number of carboxylic acids is 1. The van der Waals surface area contributed by atoms with Crippen molar-refractivity contribution in [3.05, 3.63) is 171 Å². The molecule has 0 atom stereocenters. The third kappa shape index (κ3) is 17.0. The molecule has 8 N–H and O–H groups in total. The Kier molecular flexibility index (Phi) is 21.9. The van der Waals surface area contributed by atoms with E-state index in [4.69, 9.17) is 16.6 Å². The van der Waals surface area contributed by atoms with Crippen LogP contribution >= 0.6 is 31.9 Å². The Bertz CT molecular complexity index is 3560. The minimum atomic E-state index is -1.08. The van der Waals surface area contributed by atoms with Crippen LogP contribution in [0.25, 0.3) is 22.3 Å². The van der Waals surface area contributed by atoms with Gasteiger partial charge in [0, 0.05) is 67.3 Å². The number of benzene rings is 4. The molecule has 8 aromatic rings. The van der Waals surface area contributed by atoms with Crippen LogP contribution in [0.5, 0.6) is 0 Å². The van der Waals surface area contributed by atoms with E-state index >= 15 is 0 Å². The fourth-order valence-electron chi connectivity index (χ4n) is 7.26. The number of nitrogen functional groups attached to an aromatic ring is 2. The van der Waals surface area contributed by atoms with E-state index in [2.05, 4.69) is 57.5 Å². The largest absolute Gasteiger partial charge is 0.480 e. The van der Waals surface area contributed by atoms with E-state index in [1.807, 2.05) is 65.7 Å². The summed E-state index contributed by atoms with van der Waals surface area (Å²) in [6.07, 6.45) is 5.07. The first-order valence-corrected chi connectivity index (χ1v) is 25.3. The average molecular weight is 1200 g/mol. The zero-order chi connectivity index (χ0) is 56.9. The molecule has 78 heavy (non-hydrogen) atoms. The molecule has 1 amide bonds. The van der Waals surface area contributed by atoms with Gasteiger partial charge < -0.3 is 41.2 Å². The van der Waals surface area contributed by atoms with Crippen molar-refractivity contribution in [3.63, 3.8) is 0 Å². The highest BCUT2D eigenvalue weighted by atomic mass is 79.9. The number of carboxylic acid groups (broad SMARTS) is 1. The van der Waals surface area contributed by atoms with E-state index in [0.29, 0.717) is 5.69 Å². The standard InChI is InChI=1S/C18H21N5O4.C10H12BrN3.C9H10N4O4.C9H13NO.C6H6BrN.CH4/c1-18(2,27)11-5-7-12(8-6-11)20-13(24)9-23-10-19-15-14(23)16(25)22(4)17(26)21(15)3;11-9-3-5-10(6-4-9)12-13-14-7-1-2-8-14;1-11-7-6(8(16)12(2)9(11)17)13(4-10-7)3-5(14)15;1-9(2,11)7-3-5-8(10)6-4-7;7-5-1-3-6(8)4-2-5;/h5-8,10,27H,9H2,1-4H3,(H,20,24);3-6H,1-2,7-8H2;4H,3H2,1-2H3,(H,14,15);3-6,11H,10H2,1-2H3;1-4H,8H2;1H4. The molecule has 5 heterocycles. The number of nitrogens with two attached hydrogens (primary N) is 2. The van der Waals surface area contributed by atoms with Crippen LogP contribution in [0.4, 0.5) is 22.7 Å². The number of fused-ring (bicyclic) bond motifs is 2. The fraction of sp³-hybridized carbons (Fsp3) is 0.321. The van der Waals surface area contributed by atoms with E-state index in [1.165, 1.54) is 72.0 Å². The average Bonchev–Trinajstić information content (AvgIpc) is 4.17. The summed E-state index contributed by atoms with van der Waals surface area (Å²) in [6, 6.07) is 29.4. The number of carbonyl (C=O) groups excluding carboxylic acids is 1. The number of rotatable bonds is 9. The topological polar surface area (TPSA) is 310 Å². The smallest absolute Gasteiger partial charge is 0.332 e. The van der Waals surface area contributed by atoms with Gasteiger partial charge in [-0.1, -0.05) is 68.8 Å². The first-order chi connectivity index (χ1) is 36.2. The number of amides is 1. The van der Waals surface area contributed by atoms with Crippen molar-refractivity contribution in [1.29, 1.82) is 0 Å². The molecule has 416 valence electrons. The number of aliphatic carboxylic acids is 1. The lowest BCUT2D eigenvalue weighted by Gasteiger charge is -2.18. The van der Waals surface area contributed by atoms with Gasteiger partial charge in [0.25, 0.3) is 11.1 Å². The second-order valence-electron chi connectivity index (χ2n) is 18.6. The van der Waals surface area contributed by atoms with Crippen molar-refractivity contribution < 1.29 is 24.9 Å². The minimum absolute atomic E-state index is 0. The summed E-state index contributed by atoms with van der Waals surface area (Å²) in [4.78, 5) is 78.8. The van der Waals surface area contributed by atoms with Crippen LogP contribution in [0, 0.1) is 0 Å². The summed E-state index contributed by atoms with van der Waals surface area (Å²) < 4.78 is 9.12. The molecule has 1 aliphatic heterocycles. The number of halogens is 2. The van der Waals surface area contributed by atoms with Gasteiger partial charge in [0.2, 0.25) is 5.91 Å². The number of nitrogens with zero attached hydrogens (tertiary/aromatic N) is 11. The van der Waals surface area contributed by atoms with Gasteiger partial charge in [-0.15, -0.1) is 5.11 Å². The maximum Gasteiger partial charge on any atom is 0.332 e. The second kappa shape index (κ2) is 27.4. The van der Waals surface area contributed by atoms with Gasteiger partial charge in [0.15, 0.2) is 22.3 Å². The van der Waals surface area contributed by atoms with Crippen LogP contribution in [0.3, 0.4) is 0 Å². The molecular weight excluding hydrogens is 1140 g/mol. The number of imidazole rings is 2. The van der Waals surface area contributed by atoms with Crippen molar-refractivity contribution in [3.8, 4) is 0 Å². The number of hydrogen-bond acceptors (Lipinski definition) is 14. The normalized spacial score (nSPS) is 12.0. The number of nitrogens with one attached hydrogen (secondary N) is 1. The molecule has 1 saturated heterocycles. The summed E-state index contributed by atoms with van der Waals surface area (Å²) in [6.45, 7) is 8.44. The summed E-state index contributed by atoms with van der Waals surface area (Å²) in [5, 5.41) is 41.3. The maximum atomic E-state index is 12.4. The van der Waals surface area contributed by atoms with Crippen LogP contribution in [-0.2, 0) is 62.1 Å². The van der Waals surface area contributed by atoms with E-state index in [9.17, 15) is 39.0 Å². The van der Waals surface area contributed by atoms with Crippen LogP contribution in [0.1, 0.15) is 59.1 Å². The number of anilines is 3. The molecule has 0 radical (unpaired) electrons. The van der Waals surface area contributed by atoms with Crippen molar-refractivity contribution in [2.45, 2.75) is 72.3 Å². The molecule has 0 saturated carbocycles. The van der Waals surface area contributed by atoms with Crippen molar-refractivity contribution in [1.82, 2.24) is 42.4 Å². The molecule has 23 nitrogen and oxygen atoms in total. The highest BCUT2D eigenvalue weighted by Crippen LogP contribution is 2.23. The third-order valence-electron chi connectivity index (χ3n) is 11.6. The molecule has 4 aromatic heterocycles. The zero-order valence-electron chi connectivity index (χ0n) is 43.8. The lowest BCUT2D eigenvalue weighted by molar-refractivity contribution is -0.137. The van der Waals surface area contributed by atoms with E-state index in [-0.39, 0.29) is 48.8 Å². The lowest BCUT2D eigenvalue weighted by Crippen LogP contribution is -2.37. The third-order valence-corrected chi connectivity index (χ3v) is 12.7. The van der Waals surface area contributed by atoms with Gasteiger partial charge in [-0.05, 0) is 124 Å². The Labute approximate surface area is 466 Å². The fourth-order valence-corrected chi connectivity index (χ4v) is 7.79. The molecule has 0 aliphatic carbocycles. The van der Waals surface area contributed by atoms with Crippen LogP contribution in [0.15, 0.2) is 148 Å². The molecule has 9 rings (SSSR count). The zero-order valence-corrected chi connectivity index (χ0v) is 46.9. The molecular formula is C53H66Br2N14O9. The first kappa shape index (κ1) is 62.5. The van der Waals surface area contributed by atoms with E-state index < -0.39 is 39.7 Å². The summed E-state index contributed by atoms with van der Waals surface area (Å²) in [5.41, 5.74) is 12.4. The molecule has 1 fully saturated rings. The summed E-state index contributed by atoms with van der Waals surface area (Å²) in [7, 11) is 5.71. The summed E-state index contributed by atoms with van der Waals surface area (Å²) in [5.74, 6) is -1.43. The highest BCUT2D eigenvalue weighted by Gasteiger charge is 2.19. The van der Waals surface area contributed by atoms with Gasteiger partial charge in [-0.3, -0.25) is 42.5 Å². The monoisotopic (exact) mass is 1200 g/mol. The number of aryl methyl sites for hydroxylation is 2. The minimum Gasteiger partial charge on any atom is -0.480 e. The van der Waals surface area contributed by atoms with Crippen molar-refractivity contribution >= 4 is 88.8 Å². The van der Waals surface area contributed by atoms with Gasteiger partial charge in [0.05, 0.1) is 29.5 Å². The predicted octanol–water partition coefficient (Wildman–Crippen LogP) is 6.53. The number of aliphatic hydroxyl groups is 2. The molecule has 4 aromatic carbocycles. The Hall–Kier alpha value is -8.00. The van der Waals surface area contributed by atoms with Crippen molar-refractivity contribution in [2.24, 2.45) is 38.5 Å². The van der Waals surface area contributed by atoms with Crippen LogP contribution in [-0.4, -0.2) is 82.7 Å². The highest BCUT2D eigenvalue weighted by molar-refractivity contribution is 9.10. The molecule has 25 heteroatoms. The maximum absolute atomic E-state index is 12.4. The molecule has 1 aliphatic rings. The van der Waals surface area contributed by atoms with E-state index in [0.717, 1.165) is 59.4 Å². The van der Waals surface area contributed by atoms with E-state index in [1.54, 1.807) is 64.1 Å². The van der Waals surface area contributed by atoms with Crippen molar-refractivity contribution in [2.75, 3.05) is 29.9 Å². The van der Waals surface area contributed by atoms with Gasteiger partial charge in [-0.25, -0.2) is 19.6 Å². The number of carbonyl (C=O) groups is 2. The summed E-state index contributed by atoms with van der Waals surface area (Å²) >= 11 is 6.67. The van der Waals surface area contributed by atoms with Gasteiger partial charge >= 0.3 is 17.3 Å². The first-order valence-electron chi connectivity index (χ1n) is 23.7. The Morgan fingerprint density at radius 3 is 1.40 bits per heavy atom. The molecule has 0 bridgehead atoms. The molecule has 0 spiro atoms. The van der Waals surface area contributed by atoms with Crippen LogP contribution in [0.2, 0.25) is 0 Å². The molecule has 0 unspecified atom stereocenters. The lowest BCUT2D eigenvalue weighted by atomic mass is 9.98. The Morgan fingerprint density at radius 1 is 0.615 bits per heavy atom. The van der Waals surface area contributed by atoms with Gasteiger partial charge in [-0.2, -0.15) is 0 Å². The predicted molar refractivity (Wildman–Crippen MR) is 309 cm³/mol.